The summed E-state index contributed by atoms with van der Waals surface area (Å²) in [5, 5.41) is 0. The zero-order chi connectivity index (χ0) is 17.2. The Labute approximate surface area is 148 Å². The van der Waals surface area contributed by atoms with E-state index < -0.39 is 11.7 Å². The Hall–Kier alpha value is -1.53. The minimum atomic E-state index is -4.29. The number of piperazine rings is 1. The van der Waals surface area contributed by atoms with Crippen LogP contribution in [0.3, 0.4) is 0 Å². The second-order valence-corrected chi connectivity index (χ2v) is 6.76. The molecule has 1 saturated heterocycles. The van der Waals surface area contributed by atoms with E-state index in [1.54, 1.807) is 6.07 Å². The van der Waals surface area contributed by atoms with Crippen LogP contribution in [-0.2, 0) is 12.7 Å². The van der Waals surface area contributed by atoms with Crippen molar-refractivity contribution in [1.82, 2.24) is 4.90 Å². The summed E-state index contributed by atoms with van der Waals surface area (Å²) in [7, 11) is 0. The summed E-state index contributed by atoms with van der Waals surface area (Å²) in [4.78, 5) is 4.34. The first-order valence-corrected chi connectivity index (χ1v) is 8.61. The molecule has 128 valence electrons. The first-order chi connectivity index (χ1) is 11.4. The normalized spacial score (nSPS) is 16.4. The molecular formula is C18H18BrF3N2. The summed E-state index contributed by atoms with van der Waals surface area (Å²) in [5.74, 6) is 0. The molecule has 0 amide bonds. The van der Waals surface area contributed by atoms with E-state index in [4.69, 9.17) is 0 Å². The fourth-order valence-electron chi connectivity index (χ4n) is 2.91. The largest absolute Gasteiger partial charge is 0.416 e. The minimum Gasteiger partial charge on any atom is -0.369 e. The molecule has 0 radical (unpaired) electrons. The number of nitrogens with zero attached hydrogens (tertiary/aromatic N) is 2. The molecular weight excluding hydrogens is 381 g/mol. The summed E-state index contributed by atoms with van der Waals surface area (Å²) in [6.45, 7) is 3.96. The van der Waals surface area contributed by atoms with Crippen LogP contribution in [0, 0.1) is 0 Å². The van der Waals surface area contributed by atoms with Crippen molar-refractivity contribution in [2.75, 3.05) is 31.1 Å². The van der Waals surface area contributed by atoms with Crippen LogP contribution in [0.5, 0.6) is 0 Å². The van der Waals surface area contributed by atoms with E-state index in [-0.39, 0.29) is 0 Å². The number of rotatable bonds is 3. The van der Waals surface area contributed by atoms with Crippen molar-refractivity contribution >= 4 is 21.6 Å². The number of hydrogen-bond donors (Lipinski definition) is 0. The second-order valence-electron chi connectivity index (χ2n) is 5.90. The first kappa shape index (κ1) is 17.3. The molecule has 2 aromatic carbocycles. The van der Waals surface area contributed by atoms with Gasteiger partial charge in [-0.1, -0.05) is 40.2 Å². The van der Waals surface area contributed by atoms with Gasteiger partial charge in [0, 0.05) is 42.9 Å². The summed E-state index contributed by atoms with van der Waals surface area (Å²) >= 11 is 3.55. The maximum atomic E-state index is 12.8. The fourth-order valence-corrected chi connectivity index (χ4v) is 3.32. The van der Waals surface area contributed by atoms with Crippen molar-refractivity contribution in [2.24, 2.45) is 0 Å². The van der Waals surface area contributed by atoms with Crippen molar-refractivity contribution in [3.05, 3.63) is 64.1 Å². The molecule has 24 heavy (non-hydrogen) atoms. The third-order valence-electron chi connectivity index (χ3n) is 4.26. The van der Waals surface area contributed by atoms with Gasteiger partial charge in [0.2, 0.25) is 0 Å². The molecule has 0 unspecified atom stereocenters. The van der Waals surface area contributed by atoms with E-state index in [1.807, 2.05) is 23.1 Å². The van der Waals surface area contributed by atoms with Crippen LogP contribution in [0.1, 0.15) is 11.1 Å². The van der Waals surface area contributed by atoms with Gasteiger partial charge >= 0.3 is 6.18 Å². The van der Waals surface area contributed by atoms with E-state index >= 15 is 0 Å². The Bertz CT molecular complexity index is 695. The van der Waals surface area contributed by atoms with Crippen molar-refractivity contribution in [2.45, 2.75) is 12.7 Å². The average Bonchev–Trinajstić information content (AvgIpc) is 2.57. The molecule has 3 rings (SSSR count). The van der Waals surface area contributed by atoms with Gasteiger partial charge in [0.1, 0.15) is 0 Å². The van der Waals surface area contributed by atoms with Crippen LogP contribution in [0.2, 0.25) is 0 Å². The lowest BCUT2D eigenvalue weighted by atomic mass is 10.1. The third kappa shape index (κ3) is 4.11. The molecule has 0 saturated carbocycles. The maximum absolute atomic E-state index is 12.8. The molecule has 1 aliphatic rings. The SMILES string of the molecule is FC(F)(F)c1cccc(N2CCN(Cc3ccccc3Br)CC2)c1. The molecule has 0 N–H and O–H groups in total. The van der Waals surface area contributed by atoms with Crippen LogP contribution in [0.15, 0.2) is 53.0 Å². The van der Waals surface area contributed by atoms with Crippen LogP contribution >= 0.6 is 15.9 Å². The Morgan fingerprint density at radius 2 is 1.62 bits per heavy atom. The summed E-state index contributed by atoms with van der Waals surface area (Å²) < 4.78 is 39.6. The Kier molecular flexibility index (Phi) is 5.15. The van der Waals surface area contributed by atoms with Crippen molar-refractivity contribution in [3.8, 4) is 0 Å². The van der Waals surface area contributed by atoms with Gasteiger partial charge in [-0.05, 0) is 29.8 Å². The summed E-state index contributed by atoms with van der Waals surface area (Å²) in [6, 6.07) is 13.7. The smallest absolute Gasteiger partial charge is 0.369 e. The zero-order valence-electron chi connectivity index (χ0n) is 13.1. The van der Waals surface area contributed by atoms with E-state index in [2.05, 4.69) is 26.9 Å². The van der Waals surface area contributed by atoms with E-state index in [0.29, 0.717) is 5.69 Å². The molecule has 2 aromatic rings. The maximum Gasteiger partial charge on any atom is 0.416 e. The molecule has 2 nitrogen and oxygen atoms in total. The predicted octanol–water partition coefficient (Wildman–Crippen LogP) is 4.79. The van der Waals surface area contributed by atoms with Gasteiger partial charge < -0.3 is 4.90 Å². The number of benzene rings is 2. The van der Waals surface area contributed by atoms with Crippen LogP contribution in [0.25, 0.3) is 0 Å². The molecule has 1 aliphatic heterocycles. The lowest BCUT2D eigenvalue weighted by Gasteiger charge is -2.36. The van der Waals surface area contributed by atoms with Crippen molar-refractivity contribution < 1.29 is 13.2 Å². The highest BCUT2D eigenvalue weighted by molar-refractivity contribution is 9.10. The topological polar surface area (TPSA) is 6.48 Å². The fraction of sp³-hybridized carbons (Fsp3) is 0.333. The highest BCUT2D eigenvalue weighted by Gasteiger charge is 2.31. The quantitative estimate of drug-likeness (QED) is 0.733. The lowest BCUT2D eigenvalue weighted by Crippen LogP contribution is -2.46. The van der Waals surface area contributed by atoms with Crippen LogP contribution in [-0.4, -0.2) is 31.1 Å². The lowest BCUT2D eigenvalue weighted by molar-refractivity contribution is -0.137. The number of hydrogen-bond acceptors (Lipinski definition) is 2. The standard InChI is InChI=1S/C18H18BrF3N2/c19-17-7-2-1-4-14(17)13-23-8-10-24(11-9-23)16-6-3-5-15(12-16)18(20,21)22/h1-7,12H,8-11,13H2. The summed E-state index contributed by atoms with van der Waals surface area (Å²) in [5.41, 5.74) is 1.28. The predicted molar refractivity (Wildman–Crippen MR) is 93.1 cm³/mol. The van der Waals surface area contributed by atoms with Gasteiger partial charge in [0.15, 0.2) is 0 Å². The Morgan fingerprint density at radius 3 is 2.29 bits per heavy atom. The summed E-state index contributed by atoms with van der Waals surface area (Å²) in [6.07, 6.45) is -4.29. The molecule has 0 atom stereocenters. The minimum absolute atomic E-state index is 0.587. The Morgan fingerprint density at radius 1 is 0.917 bits per heavy atom. The van der Waals surface area contributed by atoms with Gasteiger partial charge in [-0.2, -0.15) is 13.2 Å². The van der Waals surface area contributed by atoms with Gasteiger partial charge in [-0.15, -0.1) is 0 Å². The van der Waals surface area contributed by atoms with E-state index in [1.165, 1.54) is 17.7 Å². The van der Waals surface area contributed by atoms with Gasteiger partial charge in [-0.3, -0.25) is 4.90 Å². The highest BCUT2D eigenvalue weighted by atomic mass is 79.9. The van der Waals surface area contributed by atoms with Gasteiger partial charge in [-0.25, -0.2) is 0 Å². The Balaban J connectivity index is 1.62. The number of halogens is 4. The first-order valence-electron chi connectivity index (χ1n) is 7.81. The van der Waals surface area contributed by atoms with Crippen molar-refractivity contribution in [1.29, 1.82) is 0 Å². The van der Waals surface area contributed by atoms with Gasteiger partial charge in [0.05, 0.1) is 5.56 Å². The van der Waals surface area contributed by atoms with Crippen LogP contribution < -0.4 is 4.90 Å². The third-order valence-corrected chi connectivity index (χ3v) is 5.04. The molecule has 0 spiro atoms. The molecule has 1 fully saturated rings. The molecule has 0 bridgehead atoms. The molecule has 0 aliphatic carbocycles. The highest BCUT2D eigenvalue weighted by Crippen LogP contribution is 2.32. The number of alkyl halides is 3. The van der Waals surface area contributed by atoms with Gasteiger partial charge in [0.25, 0.3) is 0 Å². The van der Waals surface area contributed by atoms with E-state index in [9.17, 15) is 13.2 Å². The van der Waals surface area contributed by atoms with Crippen LogP contribution in [0.4, 0.5) is 18.9 Å². The number of anilines is 1. The second kappa shape index (κ2) is 7.15. The molecule has 6 heteroatoms. The average molecular weight is 399 g/mol. The molecule has 0 aromatic heterocycles. The van der Waals surface area contributed by atoms with E-state index in [0.717, 1.165) is 43.3 Å². The van der Waals surface area contributed by atoms with Crippen molar-refractivity contribution in [3.63, 3.8) is 0 Å². The zero-order valence-corrected chi connectivity index (χ0v) is 14.6. The molecule has 1 heterocycles. The monoisotopic (exact) mass is 398 g/mol.